The second kappa shape index (κ2) is 10.6. The maximum Gasteiger partial charge on any atom is 0.170 e. The third-order valence-corrected chi connectivity index (χ3v) is 4.33. The zero-order valence-electron chi connectivity index (χ0n) is 15.7. The summed E-state index contributed by atoms with van der Waals surface area (Å²) in [6, 6.07) is 14.9. The molecule has 0 saturated carbocycles. The van der Waals surface area contributed by atoms with Crippen molar-refractivity contribution in [2.75, 3.05) is 18.5 Å². The summed E-state index contributed by atoms with van der Waals surface area (Å²) in [7, 11) is 0. The summed E-state index contributed by atoms with van der Waals surface area (Å²) in [5.41, 5.74) is 2.80. The van der Waals surface area contributed by atoms with Crippen LogP contribution >= 0.6 is 12.2 Å². The topological polar surface area (TPSA) is 70.6 Å². The molecule has 0 aliphatic heterocycles. The monoisotopic (exact) mass is 386 g/mol. The van der Waals surface area contributed by atoms with Crippen molar-refractivity contribution in [2.24, 2.45) is 0 Å². The van der Waals surface area contributed by atoms with Crippen molar-refractivity contribution in [3.8, 4) is 5.75 Å². The predicted molar refractivity (Wildman–Crippen MR) is 113 cm³/mol. The van der Waals surface area contributed by atoms with Gasteiger partial charge in [-0.15, -0.1) is 0 Å². The lowest BCUT2D eigenvalue weighted by atomic mass is 10.1. The van der Waals surface area contributed by atoms with Gasteiger partial charge in [-0.25, -0.2) is 0 Å². The zero-order chi connectivity index (χ0) is 19.6. The highest BCUT2D eigenvalue weighted by molar-refractivity contribution is 7.80. The number of benzene rings is 2. The van der Waals surface area contributed by atoms with E-state index in [9.17, 15) is 9.90 Å². The quantitative estimate of drug-likeness (QED) is 0.452. The fourth-order valence-corrected chi connectivity index (χ4v) is 2.71. The molecular formula is C21H26N2O3S. The summed E-state index contributed by atoms with van der Waals surface area (Å²) >= 11 is 5.28. The Labute approximate surface area is 165 Å². The SMILES string of the molecule is CCC(=O)c1ccc(OCC(O)CNC(=S)Nc2ccccc2CC)cc1. The molecule has 1 atom stereocenters. The highest BCUT2D eigenvalue weighted by atomic mass is 32.1. The number of aliphatic hydroxyl groups excluding tert-OH is 1. The number of hydrogen-bond donors (Lipinski definition) is 3. The van der Waals surface area contributed by atoms with Gasteiger partial charge in [0.1, 0.15) is 18.5 Å². The van der Waals surface area contributed by atoms with Gasteiger partial charge in [-0.1, -0.05) is 32.0 Å². The molecule has 2 aromatic rings. The van der Waals surface area contributed by atoms with Gasteiger partial charge in [0.15, 0.2) is 10.9 Å². The molecule has 1 unspecified atom stereocenters. The molecule has 6 heteroatoms. The molecule has 0 amide bonds. The van der Waals surface area contributed by atoms with Gasteiger partial charge in [0, 0.05) is 24.2 Å². The van der Waals surface area contributed by atoms with Gasteiger partial charge in [0.05, 0.1) is 0 Å². The summed E-state index contributed by atoms with van der Waals surface area (Å²) in [5.74, 6) is 0.704. The van der Waals surface area contributed by atoms with Gasteiger partial charge in [-0.2, -0.15) is 0 Å². The van der Waals surface area contributed by atoms with Crippen molar-refractivity contribution in [1.82, 2.24) is 5.32 Å². The van der Waals surface area contributed by atoms with Crippen LogP contribution in [-0.2, 0) is 6.42 Å². The van der Waals surface area contributed by atoms with Crippen molar-refractivity contribution in [1.29, 1.82) is 0 Å². The number of para-hydroxylation sites is 1. The van der Waals surface area contributed by atoms with Gasteiger partial charge in [0.25, 0.3) is 0 Å². The van der Waals surface area contributed by atoms with Crippen molar-refractivity contribution in [3.63, 3.8) is 0 Å². The van der Waals surface area contributed by atoms with Gasteiger partial charge in [0.2, 0.25) is 0 Å². The first-order chi connectivity index (χ1) is 13.0. The van der Waals surface area contributed by atoms with E-state index in [2.05, 4.69) is 17.6 Å². The molecule has 0 radical (unpaired) electrons. The summed E-state index contributed by atoms with van der Waals surface area (Å²) in [6.45, 7) is 4.31. The van der Waals surface area contributed by atoms with E-state index in [-0.39, 0.29) is 18.9 Å². The summed E-state index contributed by atoms with van der Waals surface area (Å²) in [6.07, 6.45) is 0.662. The van der Waals surface area contributed by atoms with E-state index in [0.29, 0.717) is 22.8 Å². The summed E-state index contributed by atoms with van der Waals surface area (Å²) in [4.78, 5) is 11.6. The molecule has 0 saturated heterocycles. The second-order valence-electron chi connectivity index (χ2n) is 6.11. The van der Waals surface area contributed by atoms with Crippen LogP contribution in [-0.4, -0.2) is 35.3 Å². The smallest absolute Gasteiger partial charge is 0.170 e. The number of hydrogen-bond acceptors (Lipinski definition) is 4. The Morgan fingerprint density at radius 2 is 1.85 bits per heavy atom. The van der Waals surface area contributed by atoms with Crippen LogP contribution in [0.1, 0.15) is 36.2 Å². The molecule has 0 aliphatic carbocycles. The standard InChI is InChI=1S/C21H26N2O3S/c1-3-15-7-5-6-8-19(15)23-21(27)22-13-17(24)14-26-18-11-9-16(10-12-18)20(25)4-2/h5-12,17,24H,3-4,13-14H2,1-2H3,(H2,22,23,27). The Morgan fingerprint density at radius 1 is 1.15 bits per heavy atom. The van der Waals surface area contributed by atoms with Gasteiger partial charge in [-0.05, 0) is 54.5 Å². The molecule has 0 heterocycles. The van der Waals surface area contributed by atoms with Crippen LogP contribution in [0.4, 0.5) is 5.69 Å². The average Bonchev–Trinajstić information content (AvgIpc) is 2.71. The van der Waals surface area contributed by atoms with Gasteiger partial charge < -0.3 is 20.5 Å². The summed E-state index contributed by atoms with van der Waals surface area (Å²) < 4.78 is 5.56. The fourth-order valence-electron chi connectivity index (χ4n) is 2.52. The Kier molecular flexibility index (Phi) is 8.23. The first kappa shape index (κ1) is 20.9. The van der Waals surface area contributed by atoms with Gasteiger partial charge in [-0.3, -0.25) is 4.79 Å². The maximum absolute atomic E-state index is 11.6. The number of carbonyl (C=O) groups excluding carboxylic acids is 1. The molecule has 0 aliphatic rings. The number of anilines is 1. The van der Waals surface area contributed by atoms with Crippen LogP contribution in [0.3, 0.4) is 0 Å². The van der Waals surface area contributed by atoms with E-state index in [1.165, 1.54) is 5.56 Å². The Morgan fingerprint density at radius 3 is 2.52 bits per heavy atom. The third-order valence-electron chi connectivity index (χ3n) is 4.08. The molecule has 3 N–H and O–H groups in total. The molecule has 0 spiro atoms. The van der Waals surface area contributed by atoms with Crippen LogP contribution in [0.2, 0.25) is 0 Å². The highest BCUT2D eigenvalue weighted by Crippen LogP contribution is 2.15. The number of ether oxygens (including phenoxy) is 1. The second-order valence-corrected chi connectivity index (χ2v) is 6.52. The number of rotatable bonds is 9. The minimum atomic E-state index is -0.719. The Hall–Kier alpha value is -2.44. The average molecular weight is 387 g/mol. The number of carbonyl (C=O) groups is 1. The lowest BCUT2D eigenvalue weighted by molar-refractivity contribution is 0.0987. The third kappa shape index (κ3) is 6.66. The first-order valence-electron chi connectivity index (χ1n) is 9.10. The van der Waals surface area contributed by atoms with E-state index in [1.54, 1.807) is 24.3 Å². The first-order valence-corrected chi connectivity index (χ1v) is 9.51. The van der Waals surface area contributed by atoms with Crippen LogP contribution < -0.4 is 15.4 Å². The molecule has 144 valence electrons. The van der Waals surface area contributed by atoms with E-state index >= 15 is 0 Å². The molecule has 2 aromatic carbocycles. The number of ketones is 1. The number of thiocarbonyl (C=S) groups is 1. The number of nitrogens with one attached hydrogen (secondary N) is 2. The van der Waals surface area contributed by atoms with Gasteiger partial charge >= 0.3 is 0 Å². The molecule has 2 rings (SSSR count). The lowest BCUT2D eigenvalue weighted by Gasteiger charge is -2.16. The van der Waals surface area contributed by atoms with Crippen LogP contribution in [0.25, 0.3) is 0 Å². The Bertz CT molecular complexity index is 762. The lowest BCUT2D eigenvalue weighted by Crippen LogP contribution is -2.37. The molecule has 0 aromatic heterocycles. The molecule has 27 heavy (non-hydrogen) atoms. The molecule has 0 fully saturated rings. The van der Waals surface area contributed by atoms with Crippen molar-refractivity contribution < 1.29 is 14.6 Å². The fraction of sp³-hybridized carbons (Fsp3) is 0.333. The molecular weight excluding hydrogens is 360 g/mol. The zero-order valence-corrected chi connectivity index (χ0v) is 16.5. The number of aryl methyl sites for hydroxylation is 1. The van der Waals surface area contributed by atoms with Crippen molar-refractivity contribution in [3.05, 3.63) is 59.7 Å². The minimum Gasteiger partial charge on any atom is -0.491 e. The number of Topliss-reactive ketones (excluding diaryl/α,β-unsaturated/α-hetero) is 1. The van der Waals surface area contributed by atoms with Crippen molar-refractivity contribution in [2.45, 2.75) is 32.8 Å². The molecule has 0 bridgehead atoms. The van der Waals surface area contributed by atoms with Crippen LogP contribution in [0, 0.1) is 0 Å². The van der Waals surface area contributed by atoms with Crippen LogP contribution in [0.15, 0.2) is 48.5 Å². The minimum absolute atomic E-state index is 0.0939. The highest BCUT2D eigenvalue weighted by Gasteiger charge is 2.08. The van der Waals surface area contributed by atoms with Crippen LogP contribution in [0.5, 0.6) is 5.75 Å². The summed E-state index contributed by atoms with van der Waals surface area (Å²) in [5, 5.41) is 16.7. The Balaban J connectivity index is 1.74. The van der Waals surface area contributed by atoms with E-state index < -0.39 is 6.10 Å². The van der Waals surface area contributed by atoms with E-state index in [0.717, 1.165) is 12.1 Å². The van der Waals surface area contributed by atoms with E-state index in [1.807, 2.05) is 31.2 Å². The number of aliphatic hydroxyl groups is 1. The maximum atomic E-state index is 11.6. The molecule has 5 nitrogen and oxygen atoms in total. The predicted octanol–water partition coefficient (Wildman–Crippen LogP) is 3.57. The van der Waals surface area contributed by atoms with E-state index in [4.69, 9.17) is 17.0 Å². The largest absolute Gasteiger partial charge is 0.491 e. The van der Waals surface area contributed by atoms with Crippen molar-refractivity contribution >= 4 is 28.8 Å². The normalized spacial score (nSPS) is 11.5.